The Morgan fingerprint density at radius 2 is 1.94 bits per heavy atom. The Hall–Kier alpha value is -2.54. The lowest BCUT2D eigenvalue weighted by Crippen LogP contribution is -2.41. The van der Waals surface area contributed by atoms with Gasteiger partial charge in [0.15, 0.2) is 0 Å². The fraction of sp³-hybridized carbons (Fsp3) is 0.407. The highest BCUT2D eigenvalue weighted by atomic mass is 35.5. The van der Waals surface area contributed by atoms with Crippen molar-refractivity contribution < 1.29 is 19.2 Å². The zero-order valence-corrected chi connectivity index (χ0v) is 20.6. The highest BCUT2D eigenvalue weighted by Crippen LogP contribution is 2.47. The summed E-state index contributed by atoms with van der Waals surface area (Å²) in [5, 5.41) is 14.9. The minimum atomic E-state index is -0.840. The molecule has 2 heterocycles. The Kier molecular flexibility index (Phi) is 5.99. The summed E-state index contributed by atoms with van der Waals surface area (Å²) < 4.78 is 12.2. The zero-order chi connectivity index (χ0) is 24.1. The molecule has 1 saturated heterocycles. The second-order valence-corrected chi connectivity index (χ2v) is 10.7. The van der Waals surface area contributed by atoms with Gasteiger partial charge in [0.05, 0.1) is 22.8 Å². The van der Waals surface area contributed by atoms with Crippen molar-refractivity contribution in [3.8, 4) is 11.3 Å². The SMILES string of the molecule is O=C(O)N1C[C@@H]2C[C@H]1C[C@H]2OCc1c(-c2c(Cl)ccc(Cc3ccccc3)c2Cl)noc1C1CC1. The third-order valence-electron chi connectivity index (χ3n) is 7.58. The molecular weight excluding hydrogens is 487 g/mol. The van der Waals surface area contributed by atoms with E-state index in [2.05, 4.69) is 17.3 Å². The first-order valence-electron chi connectivity index (χ1n) is 12.1. The van der Waals surface area contributed by atoms with E-state index in [9.17, 15) is 9.90 Å². The number of fused-ring (bicyclic) bond motifs is 2. The van der Waals surface area contributed by atoms with E-state index in [1.54, 1.807) is 4.90 Å². The van der Waals surface area contributed by atoms with Gasteiger partial charge in [0.1, 0.15) is 11.5 Å². The lowest BCUT2D eigenvalue weighted by atomic mass is 9.98. The number of ether oxygens (including phenoxy) is 1. The molecule has 8 heteroatoms. The molecule has 0 radical (unpaired) electrons. The quantitative estimate of drug-likeness (QED) is 0.377. The number of carbonyl (C=O) groups is 1. The van der Waals surface area contributed by atoms with Crippen LogP contribution >= 0.6 is 23.2 Å². The molecule has 1 aliphatic heterocycles. The number of likely N-dealkylation sites (tertiary alicyclic amines) is 1. The molecule has 3 aliphatic rings. The predicted octanol–water partition coefficient (Wildman–Crippen LogP) is 6.77. The largest absolute Gasteiger partial charge is 0.465 e. The van der Waals surface area contributed by atoms with E-state index in [1.165, 1.54) is 0 Å². The van der Waals surface area contributed by atoms with Crippen molar-refractivity contribution in [2.45, 2.75) is 56.8 Å². The zero-order valence-electron chi connectivity index (χ0n) is 19.1. The maximum absolute atomic E-state index is 11.4. The van der Waals surface area contributed by atoms with Gasteiger partial charge in [-0.05, 0) is 49.3 Å². The Balaban J connectivity index is 1.28. The fourth-order valence-electron chi connectivity index (χ4n) is 5.62. The van der Waals surface area contributed by atoms with Crippen LogP contribution in [0.15, 0.2) is 47.0 Å². The summed E-state index contributed by atoms with van der Waals surface area (Å²) in [5.74, 6) is 1.43. The van der Waals surface area contributed by atoms with Crippen LogP contribution in [-0.2, 0) is 17.8 Å². The van der Waals surface area contributed by atoms with Crippen molar-refractivity contribution in [3.05, 3.63) is 75.0 Å². The highest BCUT2D eigenvalue weighted by molar-refractivity contribution is 6.39. The molecule has 0 spiro atoms. The molecule has 182 valence electrons. The van der Waals surface area contributed by atoms with Crippen LogP contribution < -0.4 is 0 Å². The second-order valence-electron chi connectivity index (χ2n) is 9.88. The number of hydrogen-bond acceptors (Lipinski definition) is 4. The van der Waals surface area contributed by atoms with Crippen LogP contribution in [-0.4, -0.2) is 39.9 Å². The molecule has 2 aromatic carbocycles. The summed E-state index contributed by atoms with van der Waals surface area (Å²) in [6.07, 6.45) is 3.60. The molecule has 2 saturated carbocycles. The Morgan fingerprint density at radius 1 is 1.14 bits per heavy atom. The van der Waals surface area contributed by atoms with Gasteiger partial charge >= 0.3 is 6.09 Å². The van der Waals surface area contributed by atoms with E-state index >= 15 is 0 Å². The first kappa shape index (κ1) is 22.9. The minimum Gasteiger partial charge on any atom is -0.465 e. The molecule has 3 aromatic rings. The summed E-state index contributed by atoms with van der Waals surface area (Å²) in [7, 11) is 0. The van der Waals surface area contributed by atoms with Crippen LogP contribution in [0.2, 0.25) is 10.0 Å². The highest BCUT2D eigenvalue weighted by Gasteiger charge is 2.47. The smallest absolute Gasteiger partial charge is 0.407 e. The normalized spacial score (nSPS) is 23.3. The van der Waals surface area contributed by atoms with Crippen molar-refractivity contribution in [1.29, 1.82) is 0 Å². The average molecular weight is 513 g/mol. The van der Waals surface area contributed by atoms with Gasteiger partial charge < -0.3 is 19.3 Å². The number of hydrogen-bond donors (Lipinski definition) is 1. The van der Waals surface area contributed by atoms with E-state index in [0.29, 0.717) is 46.8 Å². The van der Waals surface area contributed by atoms with Crippen LogP contribution in [0, 0.1) is 5.92 Å². The summed E-state index contributed by atoms with van der Waals surface area (Å²) in [6, 6.07) is 14.1. The molecule has 0 unspecified atom stereocenters. The summed E-state index contributed by atoms with van der Waals surface area (Å²) in [4.78, 5) is 13.0. The minimum absolute atomic E-state index is 0.0285. The van der Waals surface area contributed by atoms with Gasteiger partial charge in [-0.15, -0.1) is 0 Å². The lowest BCUT2D eigenvalue weighted by molar-refractivity contribution is -0.00788. The van der Waals surface area contributed by atoms with Crippen molar-refractivity contribution >= 4 is 29.3 Å². The molecule has 6 rings (SSSR count). The van der Waals surface area contributed by atoms with Crippen molar-refractivity contribution in [2.24, 2.45) is 5.92 Å². The van der Waals surface area contributed by atoms with Crippen LogP contribution in [0.1, 0.15) is 54.1 Å². The van der Waals surface area contributed by atoms with Crippen molar-refractivity contribution in [2.75, 3.05) is 6.54 Å². The van der Waals surface area contributed by atoms with E-state index in [0.717, 1.165) is 48.1 Å². The molecular formula is C27H26Cl2N2O4. The first-order chi connectivity index (χ1) is 17.0. The second kappa shape index (κ2) is 9.16. The van der Waals surface area contributed by atoms with Gasteiger partial charge in [-0.1, -0.05) is 64.8 Å². The Bertz CT molecular complexity index is 1260. The maximum Gasteiger partial charge on any atom is 0.407 e. The number of aromatic nitrogens is 1. The van der Waals surface area contributed by atoms with Gasteiger partial charge in [-0.3, -0.25) is 0 Å². The average Bonchev–Trinajstić information content (AvgIpc) is 3.30. The molecule has 1 amide bonds. The Labute approximate surface area is 213 Å². The number of rotatable bonds is 7. The van der Waals surface area contributed by atoms with E-state index in [-0.39, 0.29) is 18.1 Å². The first-order valence-corrected chi connectivity index (χ1v) is 12.9. The van der Waals surface area contributed by atoms with Gasteiger partial charge in [-0.25, -0.2) is 4.79 Å². The van der Waals surface area contributed by atoms with Crippen LogP contribution in [0.25, 0.3) is 11.3 Å². The molecule has 1 aromatic heterocycles. The summed E-state index contributed by atoms with van der Waals surface area (Å²) in [6.45, 7) is 0.886. The fourth-order valence-corrected chi connectivity index (χ4v) is 6.24. The van der Waals surface area contributed by atoms with Crippen LogP contribution in [0.5, 0.6) is 0 Å². The van der Waals surface area contributed by atoms with Gasteiger partial charge in [0, 0.05) is 35.5 Å². The van der Waals surface area contributed by atoms with Gasteiger partial charge in [0.2, 0.25) is 0 Å². The molecule has 35 heavy (non-hydrogen) atoms. The van der Waals surface area contributed by atoms with E-state index in [4.69, 9.17) is 32.5 Å². The molecule has 2 aliphatic carbocycles. The van der Waals surface area contributed by atoms with Crippen LogP contribution in [0.3, 0.4) is 0 Å². The van der Waals surface area contributed by atoms with Gasteiger partial charge in [0.25, 0.3) is 0 Å². The predicted molar refractivity (Wildman–Crippen MR) is 133 cm³/mol. The number of nitrogens with zero attached hydrogens (tertiary/aromatic N) is 2. The molecule has 1 N–H and O–H groups in total. The topological polar surface area (TPSA) is 75.8 Å². The summed E-state index contributed by atoms with van der Waals surface area (Å²) in [5.41, 5.74) is 4.37. The lowest BCUT2D eigenvalue weighted by Gasteiger charge is -2.29. The number of halogens is 2. The summed E-state index contributed by atoms with van der Waals surface area (Å²) >= 11 is 13.6. The number of amides is 1. The molecule has 6 nitrogen and oxygen atoms in total. The number of benzene rings is 2. The molecule has 2 bridgehead atoms. The number of carboxylic acid groups (broad SMARTS) is 1. The third-order valence-corrected chi connectivity index (χ3v) is 8.32. The third kappa shape index (κ3) is 4.32. The molecule has 3 fully saturated rings. The standard InChI is InChI=1S/C27H26Cl2N2O4/c28-21-9-8-17(10-15-4-2-1-3-5-15)24(29)23(21)25-20(26(35-30-25)16-6-7-16)14-34-22-12-19-11-18(22)13-31(19)27(32)33/h1-5,8-9,16,18-19,22H,6-7,10-14H2,(H,32,33)/t18-,19-,22+/m0/s1. The van der Waals surface area contributed by atoms with E-state index < -0.39 is 6.09 Å². The Morgan fingerprint density at radius 3 is 2.63 bits per heavy atom. The van der Waals surface area contributed by atoms with Gasteiger partial charge in [-0.2, -0.15) is 0 Å². The number of piperidine rings is 1. The molecule has 3 atom stereocenters. The van der Waals surface area contributed by atoms with Crippen molar-refractivity contribution in [3.63, 3.8) is 0 Å². The van der Waals surface area contributed by atoms with E-state index in [1.807, 2.05) is 30.3 Å². The maximum atomic E-state index is 11.4. The monoisotopic (exact) mass is 512 g/mol. The van der Waals surface area contributed by atoms with Crippen LogP contribution in [0.4, 0.5) is 4.79 Å². The van der Waals surface area contributed by atoms with Crippen molar-refractivity contribution in [1.82, 2.24) is 10.1 Å².